The summed E-state index contributed by atoms with van der Waals surface area (Å²) in [6, 6.07) is 8.31. The first-order valence-corrected chi connectivity index (χ1v) is 8.40. The molecule has 0 unspecified atom stereocenters. The SMILES string of the molecule is O=C(Nc1ccc(F)c(Cl)c1)N1CCN(c2ccc(F)c(Cl)c2)CC1. The standard InChI is InChI=1S/C17H15Cl2F2N3O/c18-13-9-11(1-3-15(13)20)22-17(25)24-7-5-23(6-8-24)12-2-4-16(21)14(19)10-12/h1-4,9-10H,5-8H2,(H,22,25). The number of carbonyl (C=O) groups excluding carboxylic acids is 1. The van der Waals surface area contributed by atoms with Crippen LogP contribution in [0.3, 0.4) is 0 Å². The molecule has 1 saturated heterocycles. The number of anilines is 2. The molecule has 1 fully saturated rings. The quantitative estimate of drug-likeness (QED) is 0.817. The first-order chi connectivity index (χ1) is 11.9. The van der Waals surface area contributed by atoms with Crippen molar-refractivity contribution in [2.75, 3.05) is 36.4 Å². The van der Waals surface area contributed by atoms with E-state index in [4.69, 9.17) is 23.2 Å². The summed E-state index contributed by atoms with van der Waals surface area (Å²) in [5, 5.41) is 2.73. The van der Waals surface area contributed by atoms with Crippen LogP contribution in [0.1, 0.15) is 0 Å². The number of piperazine rings is 1. The van der Waals surface area contributed by atoms with Crippen molar-refractivity contribution in [1.29, 1.82) is 0 Å². The van der Waals surface area contributed by atoms with Crippen LogP contribution in [0.5, 0.6) is 0 Å². The Hall–Kier alpha value is -2.05. The van der Waals surface area contributed by atoms with Crippen LogP contribution < -0.4 is 10.2 Å². The number of urea groups is 1. The van der Waals surface area contributed by atoms with Gasteiger partial charge in [0.1, 0.15) is 11.6 Å². The molecule has 0 atom stereocenters. The van der Waals surface area contributed by atoms with Gasteiger partial charge in [-0.25, -0.2) is 13.6 Å². The lowest BCUT2D eigenvalue weighted by molar-refractivity contribution is 0.208. The molecule has 8 heteroatoms. The zero-order valence-electron chi connectivity index (χ0n) is 13.1. The van der Waals surface area contributed by atoms with Gasteiger partial charge in [-0.2, -0.15) is 0 Å². The lowest BCUT2D eigenvalue weighted by Gasteiger charge is -2.36. The fraction of sp³-hybridized carbons (Fsp3) is 0.235. The van der Waals surface area contributed by atoms with Crippen LogP contribution in [0.4, 0.5) is 25.0 Å². The predicted octanol–water partition coefficient (Wildman–Crippen LogP) is 4.63. The highest BCUT2D eigenvalue weighted by atomic mass is 35.5. The highest BCUT2D eigenvalue weighted by molar-refractivity contribution is 6.31. The van der Waals surface area contributed by atoms with Crippen LogP contribution in [0.25, 0.3) is 0 Å². The number of hydrogen-bond acceptors (Lipinski definition) is 2. The van der Waals surface area contributed by atoms with Crippen LogP contribution in [0.15, 0.2) is 36.4 Å². The van der Waals surface area contributed by atoms with E-state index in [-0.39, 0.29) is 16.1 Å². The second kappa shape index (κ2) is 7.45. The topological polar surface area (TPSA) is 35.6 Å². The molecule has 0 saturated carbocycles. The minimum atomic E-state index is -0.536. The van der Waals surface area contributed by atoms with Crippen molar-refractivity contribution in [3.05, 3.63) is 58.1 Å². The van der Waals surface area contributed by atoms with E-state index in [1.165, 1.54) is 24.3 Å². The summed E-state index contributed by atoms with van der Waals surface area (Å²) in [5.74, 6) is -0.993. The van der Waals surface area contributed by atoms with Crippen LogP contribution in [0, 0.1) is 11.6 Å². The van der Waals surface area contributed by atoms with Crippen molar-refractivity contribution in [1.82, 2.24) is 4.90 Å². The maximum atomic E-state index is 13.2. The molecule has 0 aliphatic carbocycles. The minimum Gasteiger partial charge on any atom is -0.368 e. The summed E-state index contributed by atoms with van der Waals surface area (Å²) in [5.41, 5.74) is 1.25. The highest BCUT2D eigenvalue weighted by Crippen LogP contribution is 2.24. The molecular formula is C17H15Cl2F2N3O. The molecule has 2 aromatic rings. The normalized spacial score (nSPS) is 14.6. The van der Waals surface area contributed by atoms with Gasteiger partial charge in [0.15, 0.2) is 0 Å². The van der Waals surface area contributed by atoms with Crippen molar-refractivity contribution in [2.24, 2.45) is 0 Å². The predicted molar refractivity (Wildman–Crippen MR) is 95.6 cm³/mol. The summed E-state index contributed by atoms with van der Waals surface area (Å²) < 4.78 is 26.4. The molecule has 25 heavy (non-hydrogen) atoms. The molecule has 0 bridgehead atoms. The molecule has 0 aromatic heterocycles. The fourth-order valence-corrected chi connectivity index (χ4v) is 2.98. The van der Waals surface area contributed by atoms with Crippen LogP contribution in [0.2, 0.25) is 10.0 Å². The maximum Gasteiger partial charge on any atom is 0.321 e. The molecule has 1 aliphatic rings. The molecule has 4 nitrogen and oxygen atoms in total. The third-order valence-electron chi connectivity index (χ3n) is 4.01. The Kier molecular flexibility index (Phi) is 5.30. The van der Waals surface area contributed by atoms with Gasteiger partial charge >= 0.3 is 6.03 Å². The zero-order valence-corrected chi connectivity index (χ0v) is 14.6. The summed E-state index contributed by atoms with van der Waals surface area (Å²) in [6.45, 7) is 2.19. The minimum absolute atomic E-state index is 0.0455. The van der Waals surface area contributed by atoms with Gasteiger partial charge in [0, 0.05) is 37.6 Å². The molecular weight excluding hydrogens is 371 g/mol. The van der Waals surface area contributed by atoms with E-state index in [2.05, 4.69) is 5.32 Å². The van der Waals surface area contributed by atoms with Gasteiger partial charge in [-0.3, -0.25) is 0 Å². The van der Waals surface area contributed by atoms with E-state index in [1.807, 2.05) is 4.90 Å². The molecule has 1 aliphatic heterocycles. The Labute approximate surface area is 153 Å². The van der Waals surface area contributed by atoms with Crippen molar-refractivity contribution in [2.45, 2.75) is 0 Å². The van der Waals surface area contributed by atoms with Gasteiger partial charge < -0.3 is 15.1 Å². The van der Waals surface area contributed by atoms with E-state index in [1.54, 1.807) is 17.0 Å². The zero-order chi connectivity index (χ0) is 18.0. The number of carbonyl (C=O) groups is 1. The number of hydrogen-bond donors (Lipinski definition) is 1. The second-order valence-corrected chi connectivity index (χ2v) is 6.45. The Balaban J connectivity index is 1.58. The van der Waals surface area contributed by atoms with E-state index in [0.29, 0.717) is 31.9 Å². The average molecular weight is 386 g/mol. The number of rotatable bonds is 2. The maximum absolute atomic E-state index is 13.2. The summed E-state index contributed by atoms with van der Waals surface area (Å²) in [4.78, 5) is 16.0. The molecule has 2 amide bonds. The van der Waals surface area contributed by atoms with E-state index in [0.717, 1.165) is 5.69 Å². The lowest BCUT2D eigenvalue weighted by atomic mass is 10.2. The van der Waals surface area contributed by atoms with Crippen molar-refractivity contribution in [3.63, 3.8) is 0 Å². The fourth-order valence-electron chi connectivity index (χ4n) is 2.63. The highest BCUT2D eigenvalue weighted by Gasteiger charge is 2.22. The van der Waals surface area contributed by atoms with Crippen LogP contribution in [-0.2, 0) is 0 Å². The third-order valence-corrected chi connectivity index (χ3v) is 4.59. The Morgan fingerprint density at radius 2 is 1.52 bits per heavy atom. The molecule has 2 aromatic carbocycles. The van der Waals surface area contributed by atoms with E-state index in [9.17, 15) is 13.6 Å². The second-order valence-electron chi connectivity index (χ2n) is 5.63. The Morgan fingerprint density at radius 3 is 2.12 bits per heavy atom. The third kappa shape index (κ3) is 4.14. The molecule has 0 radical (unpaired) electrons. The monoisotopic (exact) mass is 385 g/mol. The van der Waals surface area contributed by atoms with Crippen molar-refractivity contribution >= 4 is 40.6 Å². The summed E-state index contributed by atoms with van der Waals surface area (Å²) >= 11 is 11.5. The van der Waals surface area contributed by atoms with Gasteiger partial charge in [-0.1, -0.05) is 23.2 Å². The number of benzene rings is 2. The smallest absolute Gasteiger partial charge is 0.321 e. The molecule has 1 heterocycles. The number of nitrogens with one attached hydrogen (secondary N) is 1. The Bertz CT molecular complexity index is 795. The molecule has 1 N–H and O–H groups in total. The first-order valence-electron chi connectivity index (χ1n) is 7.65. The molecule has 0 spiro atoms. The first kappa shape index (κ1) is 17.8. The largest absolute Gasteiger partial charge is 0.368 e. The number of halogens is 4. The number of amides is 2. The molecule has 3 rings (SSSR count). The van der Waals surface area contributed by atoms with Crippen LogP contribution in [-0.4, -0.2) is 37.1 Å². The van der Waals surface area contributed by atoms with Crippen molar-refractivity contribution < 1.29 is 13.6 Å². The number of nitrogens with zero attached hydrogens (tertiary/aromatic N) is 2. The van der Waals surface area contributed by atoms with Crippen molar-refractivity contribution in [3.8, 4) is 0 Å². The van der Waals surface area contributed by atoms with Gasteiger partial charge in [-0.05, 0) is 36.4 Å². The summed E-state index contributed by atoms with van der Waals surface area (Å²) in [7, 11) is 0. The van der Waals surface area contributed by atoms with Gasteiger partial charge in [0.2, 0.25) is 0 Å². The summed E-state index contributed by atoms with van der Waals surface area (Å²) in [6.07, 6.45) is 0. The molecule has 132 valence electrons. The Morgan fingerprint density at radius 1 is 0.920 bits per heavy atom. The lowest BCUT2D eigenvalue weighted by Crippen LogP contribution is -2.50. The van der Waals surface area contributed by atoms with Gasteiger partial charge in [0.05, 0.1) is 10.0 Å². The van der Waals surface area contributed by atoms with E-state index >= 15 is 0 Å². The van der Waals surface area contributed by atoms with Crippen LogP contribution >= 0.6 is 23.2 Å². The van der Waals surface area contributed by atoms with Gasteiger partial charge in [-0.15, -0.1) is 0 Å². The van der Waals surface area contributed by atoms with E-state index < -0.39 is 11.6 Å². The average Bonchev–Trinajstić information content (AvgIpc) is 2.61. The van der Waals surface area contributed by atoms with Gasteiger partial charge in [0.25, 0.3) is 0 Å².